The normalized spacial score (nSPS) is 16.3. The number of carbonyl (C=O) groups excluding carboxylic acids is 1. The van der Waals surface area contributed by atoms with Crippen molar-refractivity contribution in [2.75, 3.05) is 5.32 Å². The van der Waals surface area contributed by atoms with Crippen LogP contribution in [0.2, 0.25) is 0 Å². The number of halogens is 1. The number of anilines is 1. The van der Waals surface area contributed by atoms with Crippen LogP contribution in [0.15, 0.2) is 24.3 Å². The standard InChI is InChI=1S/C11H11N3OS.ClH/c12-11(5-6-11)9(15)14-10-13-7-3-1-2-4-8(7)16-10;/h1-4H,5-6,12H2,(H,13,14,15);1H. The molecule has 1 aliphatic carbocycles. The van der Waals surface area contributed by atoms with Gasteiger partial charge in [0.15, 0.2) is 5.13 Å². The van der Waals surface area contributed by atoms with Gasteiger partial charge in [0.05, 0.1) is 15.8 Å². The molecule has 1 fully saturated rings. The van der Waals surface area contributed by atoms with Crippen LogP contribution in [0, 0.1) is 0 Å². The van der Waals surface area contributed by atoms with Gasteiger partial charge >= 0.3 is 0 Å². The Morgan fingerprint density at radius 3 is 2.76 bits per heavy atom. The number of nitrogens with one attached hydrogen (secondary N) is 1. The van der Waals surface area contributed by atoms with Gasteiger partial charge in [-0.1, -0.05) is 23.5 Å². The van der Waals surface area contributed by atoms with Crippen molar-refractivity contribution in [3.8, 4) is 0 Å². The molecule has 0 atom stereocenters. The lowest BCUT2D eigenvalue weighted by molar-refractivity contribution is -0.118. The highest BCUT2D eigenvalue weighted by molar-refractivity contribution is 7.22. The summed E-state index contributed by atoms with van der Waals surface area (Å²) in [5.74, 6) is -0.119. The van der Waals surface area contributed by atoms with E-state index in [4.69, 9.17) is 5.73 Å². The number of carbonyl (C=O) groups is 1. The summed E-state index contributed by atoms with van der Waals surface area (Å²) in [6.45, 7) is 0. The fourth-order valence-corrected chi connectivity index (χ4v) is 2.37. The summed E-state index contributed by atoms with van der Waals surface area (Å²) in [4.78, 5) is 16.0. The third-order valence-corrected chi connectivity index (χ3v) is 3.71. The van der Waals surface area contributed by atoms with Crippen LogP contribution in [-0.2, 0) is 4.79 Å². The van der Waals surface area contributed by atoms with Crippen LogP contribution < -0.4 is 11.1 Å². The Labute approximate surface area is 109 Å². The van der Waals surface area contributed by atoms with Gasteiger partial charge in [0, 0.05) is 0 Å². The number of hydrogen-bond donors (Lipinski definition) is 2. The summed E-state index contributed by atoms with van der Waals surface area (Å²) in [5, 5.41) is 3.40. The van der Waals surface area contributed by atoms with Gasteiger partial charge in [-0.3, -0.25) is 4.79 Å². The molecule has 1 heterocycles. The molecular weight excluding hydrogens is 258 g/mol. The van der Waals surface area contributed by atoms with Gasteiger partial charge in [-0.2, -0.15) is 0 Å². The molecule has 1 saturated carbocycles. The minimum Gasteiger partial charge on any atom is -0.317 e. The van der Waals surface area contributed by atoms with Crippen LogP contribution in [0.25, 0.3) is 10.2 Å². The highest BCUT2D eigenvalue weighted by Gasteiger charge is 2.46. The number of nitrogens with two attached hydrogens (primary N) is 1. The van der Waals surface area contributed by atoms with Crippen LogP contribution in [0.3, 0.4) is 0 Å². The van der Waals surface area contributed by atoms with E-state index in [1.54, 1.807) is 0 Å². The maximum absolute atomic E-state index is 11.7. The number of para-hydroxylation sites is 1. The number of aromatic nitrogens is 1. The summed E-state index contributed by atoms with van der Waals surface area (Å²) in [5.41, 5.74) is 6.06. The Kier molecular flexibility index (Phi) is 3.07. The Bertz CT molecular complexity index is 532. The topological polar surface area (TPSA) is 68.0 Å². The first-order valence-corrected chi connectivity index (χ1v) is 5.95. The number of fused-ring (bicyclic) bond motifs is 1. The van der Waals surface area contributed by atoms with Gasteiger partial charge in [0.25, 0.3) is 0 Å². The monoisotopic (exact) mass is 269 g/mol. The molecule has 90 valence electrons. The molecule has 6 heteroatoms. The zero-order valence-corrected chi connectivity index (χ0v) is 10.6. The van der Waals surface area contributed by atoms with E-state index in [2.05, 4.69) is 10.3 Å². The van der Waals surface area contributed by atoms with Gasteiger partial charge in [0.2, 0.25) is 5.91 Å². The lowest BCUT2D eigenvalue weighted by Crippen LogP contribution is -2.37. The summed E-state index contributed by atoms with van der Waals surface area (Å²) in [6.07, 6.45) is 1.54. The molecule has 3 rings (SSSR count). The quantitative estimate of drug-likeness (QED) is 0.878. The number of nitrogens with zero attached hydrogens (tertiary/aromatic N) is 1. The van der Waals surface area contributed by atoms with Crippen LogP contribution in [0.4, 0.5) is 5.13 Å². The van der Waals surface area contributed by atoms with Crippen molar-refractivity contribution < 1.29 is 4.79 Å². The Morgan fingerprint density at radius 2 is 2.12 bits per heavy atom. The zero-order chi connectivity index (χ0) is 11.2. The zero-order valence-electron chi connectivity index (χ0n) is 8.97. The van der Waals surface area contributed by atoms with Crippen LogP contribution >= 0.6 is 23.7 Å². The lowest BCUT2D eigenvalue weighted by Gasteiger charge is -2.06. The van der Waals surface area contributed by atoms with Crippen LogP contribution in [0.5, 0.6) is 0 Å². The molecule has 0 saturated heterocycles. The minimum atomic E-state index is -0.641. The first kappa shape index (κ1) is 12.3. The van der Waals surface area contributed by atoms with Gasteiger partial charge in [0.1, 0.15) is 0 Å². The SMILES string of the molecule is Cl.NC1(C(=O)Nc2nc3ccccc3s2)CC1. The van der Waals surface area contributed by atoms with E-state index in [0.717, 1.165) is 23.1 Å². The van der Waals surface area contributed by atoms with Crippen molar-refractivity contribution in [3.63, 3.8) is 0 Å². The summed E-state index contributed by atoms with van der Waals surface area (Å²) in [6, 6.07) is 7.80. The van der Waals surface area contributed by atoms with E-state index in [1.165, 1.54) is 11.3 Å². The fourth-order valence-electron chi connectivity index (χ4n) is 1.51. The minimum absolute atomic E-state index is 0. The molecule has 0 bridgehead atoms. The molecule has 0 unspecified atom stereocenters. The molecule has 1 aromatic heterocycles. The van der Waals surface area contributed by atoms with Crippen molar-refractivity contribution >= 4 is 45.0 Å². The van der Waals surface area contributed by atoms with E-state index < -0.39 is 5.54 Å². The summed E-state index contributed by atoms with van der Waals surface area (Å²) in [7, 11) is 0. The van der Waals surface area contributed by atoms with Crippen LogP contribution in [-0.4, -0.2) is 16.4 Å². The van der Waals surface area contributed by atoms with Crippen molar-refractivity contribution in [3.05, 3.63) is 24.3 Å². The fraction of sp³-hybridized carbons (Fsp3) is 0.273. The van der Waals surface area contributed by atoms with E-state index in [0.29, 0.717) is 5.13 Å². The largest absolute Gasteiger partial charge is 0.317 e. The maximum Gasteiger partial charge on any atom is 0.246 e. The van der Waals surface area contributed by atoms with E-state index >= 15 is 0 Å². The van der Waals surface area contributed by atoms with Crippen LogP contribution in [0.1, 0.15) is 12.8 Å². The molecule has 0 aliphatic heterocycles. The van der Waals surface area contributed by atoms with E-state index in [-0.39, 0.29) is 18.3 Å². The maximum atomic E-state index is 11.7. The van der Waals surface area contributed by atoms with Crippen molar-refractivity contribution in [2.24, 2.45) is 5.73 Å². The number of benzene rings is 1. The predicted octanol–water partition coefficient (Wildman–Crippen LogP) is 2.15. The molecular formula is C11H12ClN3OS. The van der Waals surface area contributed by atoms with Gasteiger partial charge in [-0.05, 0) is 25.0 Å². The van der Waals surface area contributed by atoms with Crippen molar-refractivity contribution in [1.82, 2.24) is 4.98 Å². The second-order valence-electron chi connectivity index (χ2n) is 4.10. The first-order chi connectivity index (χ1) is 7.67. The van der Waals surface area contributed by atoms with Crippen molar-refractivity contribution in [2.45, 2.75) is 18.4 Å². The molecule has 0 radical (unpaired) electrons. The highest BCUT2D eigenvalue weighted by Crippen LogP contribution is 2.34. The number of hydrogen-bond acceptors (Lipinski definition) is 4. The second kappa shape index (κ2) is 4.25. The predicted molar refractivity (Wildman–Crippen MR) is 71.7 cm³/mol. The Morgan fingerprint density at radius 1 is 1.41 bits per heavy atom. The highest BCUT2D eigenvalue weighted by atomic mass is 35.5. The molecule has 4 nitrogen and oxygen atoms in total. The second-order valence-corrected chi connectivity index (χ2v) is 5.13. The van der Waals surface area contributed by atoms with Gasteiger partial charge in [-0.15, -0.1) is 12.4 Å². The molecule has 1 amide bonds. The number of rotatable bonds is 2. The first-order valence-electron chi connectivity index (χ1n) is 5.13. The van der Waals surface area contributed by atoms with Gasteiger partial charge < -0.3 is 11.1 Å². The average molecular weight is 270 g/mol. The molecule has 1 aliphatic rings. The Hall–Kier alpha value is -1.17. The summed E-state index contributed by atoms with van der Waals surface area (Å²) >= 11 is 1.47. The summed E-state index contributed by atoms with van der Waals surface area (Å²) < 4.78 is 1.07. The average Bonchev–Trinajstić information content (AvgIpc) is 2.90. The number of amides is 1. The Balaban J connectivity index is 0.00000108. The molecule has 0 spiro atoms. The van der Waals surface area contributed by atoms with E-state index in [9.17, 15) is 4.79 Å². The smallest absolute Gasteiger partial charge is 0.246 e. The molecule has 2 aromatic rings. The third kappa shape index (κ3) is 2.26. The van der Waals surface area contributed by atoms with Crippen molar-refractivity contribution in [1.29, 1.82) is 0 Å². The lowest BCUT2D eigenvalue weighted by atomic mass is 10.3. The van der Waals surface area contributed by atoms with E-state index in [1.807, 2.05) is 24.3 Å². The molecule has 1 aromatic carbocycles. The molecule has 17 heavy (non-hydrogen) atoms. The third-order valence-electron chi connectivity index (χ3n) is 2.76. The molecule has 3 N–H and O–H groups in total. The van der Waals surface area contributed by atoms with Gasteiger partial charge in [-0.25, -0.2) is 4.98 Å². The number of thiazole rings is 1.